The van der Waals surface area contributed by atoms with Crippen molar-refractivity contribution in [2.75, 3.05) is 5.32 Å². The molecule has 1 aliphatic heterocycles. The number of hydrogen-bond acceptors (Lipinski definition) is 4. The Kier molecular flexibility index (Phi) is 5.83. The highest BCUT2D eigenvalue weighted by molar-refractivity contribution is 6.25. The minimum absolute atomic E-state index is 0.105. The van der Waals surface area contributed by atoms with Crippen molar-refractivity contribution in [2.45, 2.75) is 57.3 Å². The van der Waals surface area contributed by atoms with Gasteiger partial charge in [0.25, 0.3) is 11.8 Å². The molecule has 1 heterocycles. The molecule has 1 fully saturated rings. The molecule has 2 aliphatic rings. The molecule has 6 nitrogen and oxygen atoms in total. The molecule has 2 aromatic carbocycles. The second-order valence-electron chi connectivity index (χ2n) is 8.62. The number of nitrogens with one attached hydrogen (secondary N) is 2. The predicted octanol–water partition coefficient (Wildman–Crippen LogP) is 4.20. The van der Waals surface area contributed by atoms with Gasteiger partial charge in [-0.25, -0.2) is 0 Å². The van der Waals surface area contributed by atoms with Gasteiger partial charge < -0.3 is 20.5 Å². The molecular formula is C25H28N2O4. The lowest BCUT2D eigenvalue weighted by atomic mass is 9.95. The van der Waals surface area contributed by atoms with Gasteiger partial charge in [-0.05, 0) is 36.0 Å². The molecule has 1 aliphatic carbocycles. The smallest absolute Gasteiger partial charge is 0.264 e. The zero-order chi connectivity index (χ0) is 22.0. The molecule has 2 atom stereocenters. The average molecular weight is 421 g/mol. The van der Waals surface area contributed by atoms with Crippen molar-refractivity contribution >= 4 is 17.5 Å². The summed E-state index contributed by atoms with van der Waals surface area (Å²) >= 11 is 0. The standard InChI is InChI=1S/C25H28N2O4/c1-16(2)19-10-6-7-11-20(19)26-23(29)21-22(28)25(27-24(21)30)13-12-18(14-25)31-15-17-8-4-3-5-9-17/h3-11,16,18,28H,12-15H2,1-2H3,(H,26,29)(H,27,30)/t18-,25-/m0/s1. The first kappa shape index (κ1) is 21.1. The first-order valence-electron chi connectivity index (χ1n) is 10.7. The first-order chi connectivity index (χ1) is 14.9. The van der Waals surface area contributed by atoms with Crippen molar-refractivity contribution in [2.24, 2.45) is 0 Å². The highest BCUT2D eigenvalue weighted by Crippen LogP contribution is 2.41. The van der Waals surface area contributed by atoms with Crippen LogP contribution >= 0.6 is 0 Å². The van der Waals surface area contributed by atoms with Crippen LogP contribution in [0.25, 0.3) is 0 Å². The van der Waals surface area contributed by atoms with Gasteiger partial charge >= 0.3 is 0 Å². The molecule has 6 heteroatoms. The number of para-hydroxylation sites is 1. The fourth-order valence-corrected chi connectivity index (χ4v) is 4.45. The van der Waals surface area contributed by atoms with E-state index in [1.54, 1.807) is 6.07 Å². The van der Waals surface area contributed by atoms with Crippen LogP contribution in [-0.2, 0) is 20.9 Å². The Bertz CT molecular complexity index is 1020. The number of carbonyl (C=O) groups is 2. The largest absolute Gasteiger partial charge is 0.509 e. The van der Waals surface area contributed by atoms with Gasteiger partial charge in [0.05, 0.1) is 12.7 Å². The predicted molar refractivity (Wildman–Crippen MR) is 119 cm³/mol. The Hall–Kier alpha value is -3.12. The third-order valence-corrected chi connectivity index (χ3v) is 6.13. The summed E-state index contributed by atoms with van der Waals surface area (Å²) in [5.41, 5.74) is 1.55. The lowest BCUT2D eigenvalue weighted by Crippen LogP contribution is -2.43. The minimum Gasteiger partial charge on any atom is -0.509 e. The maximum atomic E-state index is 12.9. The first-order valence-corrected chi connectivity index (χ1v) is 10.7. The van der Waals surface area contributed by atoms with Crippen LogP contribution in [0.3, 0.4) is 0 Å². The number of benzene rings is 2. The van der Waals surface area contributed by atoms with E-state index in [0.717, 1.165) is 11.1 Å². The molecule has 2 aromatic rings. The van der Waals surface area contributed by atoms with Crippen LogP contribution in [0.15, 0.2) is 65.9 Å². The van der Waals surface area contributed by atoms with E-state index < -0.39 is 17.4 Å². The third-order valence-electron chi connectivity index (χ3n) is 6.13. The van der Waals surface area contributed by atoms with E-state index in [-0.39, 0.29) is 23.4 Å². The van der Waals surface area contributed by atoms with Gasteiger partial charge in [-0.1, -0.05) is 62.4 Å². The van der Waals surface area contributed by atoms with Gasteiger partial charge in [0.2, 0.25) is 0 Å². The van der Waals surface area contributed by atoms with Gasteiger partial charge in [-0.2, -0.15) is 0 Å². The molecule has 2 amide bonds. The summed E-state index contributed by atoms with van der Waals surface area (Å²) < 4.78 is 6.01. The van der Waals surface area contributed by atoms with Gasteiger partial charge in [-0.15, -0.1) is 0 Å². The van der Waals surface area contributed by atoms with Gasteiger partial charge in [0.15, 0.2) is 0 Å². The SMILES string of the molecule is CC(C)c1ccccc1NC(=O)C1=C(O)[C@@]2(CC[C@H](OCc3ccccc3)C2)NC1=O. The summed E-state index contributed by atoms with van der Waals surface area (Å²) in [6.45, 7) is 4.54. The number of carbonyl (C=O) groups excluding carboxylic acids is 2. The van der Waals surface area contributed by atoms with Gasteiger partial charge in [0, 0.05) is 12.1 Å². The number of rotatable bonds is 6. The highest BCUT2D eigenvalue weighted by atomic mass is 16.5. The molecular weight excluding hydrogens is 392 g/mol. The molecule has 4 rings (SSSR count). The molecule has 0 unspecified atom stereocenters. The molecule has 0 saturated heterocycles. The lowest BCUT2D eigenvalue weighted by molar-refractivity contribution is -0.121. The van der Waals surface area contributed by atoms with Crippen LogP contribution in [0.5, 0.6) is 0 Å². The Morgan fingerprint density at radius 3 is 2.65 bits per heavy atom. The van der Waals surface area contributed by atoms with E-state index >= 15 is 0 Å². The quantitative estimate of drug-likeness (QED) is 0.611. The van der Waals surface area contributed by atoms with E-state index in [9.17, 15) is 14.7 Å². The van der Waals surface area contributed by atoms with E-state index in [0.29, 0.717) is 31.6 Å². The molecule has 1 spiro atoms. The number of ether oxygens (including phenoxy) is 1. The van der Waals surface area contributed by atoms with Crippen LogP contribution in [0.4, 0.5) is 5.69 Å². The van der Waals surface area contributed by atoms with Crippen molar-refractivity contribution in [3.05, 3.63) is 77.1 Å². The number of hydrogen-bond donors (Lipinski definition) is 3. The third kappa shape index (κ3) is 4.21. The number of amides is 2. The monoisotopic (exact) mass is 420 g/mol. The molecule has 31 heavy (non-hydrogen) atoms. The van der Waals surface area contributed by atoms with Crippen LogP contribution in [0.2, 0.25) is 0 Å². The van der Waals surface area contributed by atoms with Crippen LogP contribution in [-0.4, -0.2) is 28.6 Å². The fourth-order valence-electron chi connectivity index (χ4n) is 4.45. The maximum absolute atomic E-state index is 12.9. The molecule has 3 N–H and O–H groups in total. The van der Waals surface area contributed by atoms with E-state index in [4.69, 9.17) is 4.74 Å². The zero-order valence-corrected chi connectivity index (χ0v) is 17.9. The summed E-state index contributed by atoms with van der Waals surface area (Å²) in [6.07, 6.45) is 1.56. The van der Waals surface area contributed by atoms with Crippen LogP contribution in [0.1, 0.15) is 50.2 Å². The summed E-state index contributed by atoms with van der Waals surface area (Å²) in [4.78, 5) is 25.6. The second-order valence-corrected chi connectivity index (χ2v) is 8.62. The van der Waals surface area contributed by atoms with Gasteiger partial charge in [0.1, 0.15) is 16.9 Å². The van der Waals surface area contributed by atoms with E-state index in [2.05, 4.69) is 10.6 Å². The number of aliphatic hydroxyl groups excluding tert-OH is 1. The van der Waals surface area contributed by atoms with Crippen molar-refractivity contribution in [3.8, 4) is 0 Å². The Morgan fingerprint density at radius 1 is 1.19 bits per heavy atom. The summed E-state index contributed by atoms with van der Waals surface area (Å²) in [5, 5.41) is 16.6. The fraction of sp³-hybridized carbons (Fsp3) is 0.360. The summed E-state index contributed by atoms with van der Waals surface area (Å²) in [5.74, 6) is -1.10. The molecule has 162 valence electrons. The van der Waals surface area contributed by atoms with E-state index in [1.165, 1.54) is 0 Å². The Morgan fingerprint density at radius 2 is 1.90 bits per heavy atom. The topological polar surface area (TPSA) is 87.7 Å². The molecule has 0 radical (unpaired) electrons. The number of anilines is 1. The zero-order valence-electron chi connectivity index (χ0n) is 17.9. The van der Waals surface area contributed by atoms with Gasteiger partial charge in [-0.3, -0.25) is 9.59 Å². The van der Waals surface area contributed by atoms with Crippen molar-refractivity contribution < 1.29 is 19.4 Å². The number of aliphatic hydroxyl groups is 1. The van der Waals surface area contributed by atoms with Crippen molar-refractivity contribution in [1.82, 2.24) is 5.32 Å². The Balaban J connectivity index is 1.48. The molecule has 1 saturated carbocycles. The second kappa shape index (κ2) is 8.55. The minimum atomic E-state index is -0.928. The van der Waals surface area contributed by atoms with Crippen molar-refractivity contribution in [3.63, 3.8) is 0 Å². The molecule has 0 bridgehead atoms. The lowest BCUT2D eigenvalue weighted by Gasteiger charge is -2.24. The normalized spacial score (nSPS) is 22.9. The summed E-state index contributed by atoms with van der Waals surface area (Å²) in [6, 6.07) is 17.4. The average Bonchev–Trinajstić information content (AvgIpc) is 3.27. The van der Waals surface area contributed by atoms with E-state index in [1.807, 2.05) is 62.4 Å². The Labute approximate surface area is 182 Å². The molecule has 0 aromatic heterocycles. The maximum Gasteiger partial charge on any atom is 0.264 e. The van der Waals surface area contributed by atoms with Crippen molar-refractivity contribution in [1.29, 1.82) is 0 Å². The van der Waals surface area contributed by atoms with Crippen LogP contribution < -0.4 is 10.6 Å². The highest BCUT2D eigenvalue weighted by Gasteiger charge is 2.52. The van der Waals surface area contributed by atoms with Crippen LogP contribution in [0, 0.1) is 0 Å². The summed E-state index contributed by atoms with van der Waals surface area (Å²) in [7, 11) is 0.